The van der Waals surface area contributed by atoms with Gasteiger partial charge in [-0.1, -0.05) is 19.6 Å². The SMILES string of the molecule is CC(C)(C)OC(=O)N1CCC(c2cnc3c(c2)CN(C2CCC(=O)N(COCC[Si](C)(C)C)C2=O)C3=O)CC1. The first-order valence-electron chi connectivity index (χ1n) is 13.9. The van der Waals surface area contributed by atoms with Gasteiger partial charge in [0, 0.05) is 52.5 Å². The molecule has 4 rings (SSSR count). The van der Waals surface area contributed by atoms with E-state index in [0.29, 0.717) is 38.4 Å². The monoisotopic (exact) mass is 558 g/mol. The van der Waals surface area contributed by atoms with E-state index in [0.717, 1.165) is 34.9 Å². The van der Waals surface area contributed by atoms with Gasteiger partial charge in [-0.05, 0) is 63.6 Å². The number of fused-ring (bicyclic) bond motifs is 1. The topological polar surface area (TPSA) is 109 Å². The number of pyridine rings is 1. The van der Waals surface area contributed by atoms with Crippen molar-refractivity contribution in [3.05, 3.63) is 29.1 Å². The number of aromatic nitrogens is 1. The lowest BCUT2D eigenvalue weighted by Crippen LogP contribution is -2.55. The van der Waals surface area contributed by atoms with Crippen LogP contribution >= 0.6 is 0 Å². The lowest BCUT2D eigenvalue weighted by molar-refractivity contribution is -0.158. The third kappa shape index (κ3) is 7.05. The molecule has 0 aliphatic carbocycles. The number of rotatable bonds is 7. The molecule has 2 saturated heterocycles. The first kappa shape index (κ1) is 29.2. The summed E-state index contributed by atoms with van der Waals surface area (Å²) in [4.78, 5) is 60.4. The summed E-state index contributed by atoms with van der Waals surface area (Å²) >= 11 is 0. The number of piperidine rings is 2. The first-order valence-corrected chi connectivity index (χ1v) is 17.6. The smallest absolute Gasteiger partial charge is 0.410 e. The van der Waals surface area contributed by atoms with Crippen molar-refractivity contribution in [2.45, 2.75) is 96.2 Å². The summed E-state index contributed by atoms with van der Waals surface area (Å²) in [7, 11) is -1.29. The lowest BCUT2D eigenvalue weighted by Gasteiger charge is -2.35. The van der Waals surface area contributed by atoms with Gasteiger partial charge in [0.15, 0.2) is 0 Å². The molecular formula is C28H42N4O6Si. The standard InChI is InChI=1S/C28H42N4O6Si/c1-28(2,3)38-27(36)30-11-9-19(10-12-30)20-15-21-17-31(26(35)24(21)29-16-20)22-7-8-23(33)32(25(22)34)18-37-13-14-39(4,5)6/h15-16,19,22H,7-14,17-18H2,1-6H3. The zero-order chi connectivity index (χ0) is 28.5. The van der Waals surface area contributed by atoms with Gasteiger partial charge < -0.3 is 19.3 Å². The van der Waals surface area contributed by atoms with Gasteiger partial charge in [-0.3, -0.25) is 24.3 Å². The first-order chi connectivity index (χ1) is 18.2. The molecule has 2 fully saturated rings. The fourth-order valence-electron chi connectivity index (χ4n) is 5.21. The molecule has 0 saturated carbocycles. The van der Waals surface area contributed by atoms with E-state index >= 15 is 0 Å². The van der Waals surface area contributed by atoms with E-state index in [1.807, 2.05) is 26.8 Å². The molecule has 1 aromatic heterocycles. The highest BCUT2D eigenvalue weighted by molar-refractivity contribution is 6.76. The summed E-state index contributed by atoms with van der Waals surface area (Å²) in [6.07, 6.45) is 3.53. The van der Waals surface area contributed by atoms with Crippen molar-refractivity contribution in [2.24, 2.45) is 0 Å². The fourth-order valence-corrected chi connectivity index (χ4v) is 5.97. The van der Waals surface area contributed by atoms with Gasteiger partial charge in [0.1, 0.15) is 24.1 Å². The minimum absolute atomic E-state index is 0.0714. The molecule has 0 aromatic carbocycles. The van der Waals surface area contributed by atoms with Gasteiger partial charge in [-0.25, -0.2) is 4.79 Å². The molecule has 0 bridgehead atoms. The molecule has 4 heterocycles. The van der Waals surface area contributed by atoms with Gasteiger partial charge >= 0.3 is 6.09 Å². The Kier molecular flexibility index (Phi) is 8.51. The van der Waals surface area contributed by atoms with Gasteiger partial charge in [0.25, 0.3) is 11.8 Å². The summed E-state index contributed by atoms with van der Waals surface area (Å²) in [5.41, 5.74) is 1.68. The van der Waals surface area contributed by atoms with Gasteiger partial charge in [0.05, 0.1) is 0 Å². The van der Waals surface area contributed by atoms with Gasteiger partial charge in [-0.15, -0.1) is 0 Å². The Labute approximate surface area is 232 Å². The number of carbonyl (C=O) groups excluding carboxylic acids is 4. The Bertz CT molecular complexity index is 1120. The third-order valence-electron chi connectivity index (χ3n) is 7.49. The molecule has 4 amide bonds. The van der Waals surface area contributed by atoms with Crippen molar-refractivity contribution in [1.29, 1.82) is 0 Å². The van der Waals surface area contributed by atoms with Crippen LogP contribution in [-0.4, -0.2) is 89.6 Å². The molecule has 214 valence electrons. The minimum atomic E-state index is -1.29. The number of likely N-dealkylation sites (tertiary alicyclic amines) is 2. The van der Waals surface area contributed by atoms with Crippen molar-refractivity contribution in [2.75, 3.05) is 26.4 Å². The van der Waals surface area contributed by atoms with E-state index in [2.05, 4.69) is 24.6 Å². The second kappa shape index (κ2) is 11.4. The molecule has 0 radical (unpaired) electrons. The number of hydrogen-bond donors (Lipinski definition) is 0. The number of imide groups is 1. The number of carbonyl (C=O) groups is 4. The maximum absolute atomic E-state index is 13.3. The van der Waals surface area contributed by atoms with Crippen LogP contribution in [0.4, 0.5) is 4.79 Å². The molecule has 11 heteroatoms. The van der Waals surface area contributed by atoms with E-state index in [1.165, 1.54) is 0 Å². The zero-order valence-electron chi connectivity index (χ0n) is 24.1. The van der Waals surface area contributed by atoms with Gasteiger partial charge in [0.2, 0.25) is 5.91 Å². The summed E-state index contributed by atoms with van der Waals surface area (Å²) in [6, 6.07) is 2.26. The third-order valence-corrected chi connectivity index (χ3v) is 9.19. The minimum Gasteiger partial charge on any atom is -0.444 e. The molecule has 10 nitrogen and oxygen atoms in total. The zero-order valence-corrected chi connectivity index (χ0v) is 25.1. The predicted octanol–water partition coefficient (Wildman–Crippen LogP) is 3.98. The van der Waals surface area contributed by atoms with Crippen LogP contribution in [-0.2, 0) is 25.6 Å². The van der Waals surface area contributed by atoms with E-state index < -0.39 is 19.7 Å². The number of nitrogens with zero attached hydrogens (tertiary/aromatic N) is 4. The van der Waals surface area contributed by atoms with Crippen LogP contribution in [0.5, 0.6) is 0 Å². The summed E-state index contributed by atoms with van der Waals surface area (Å²) in [5.74, 6) is -0.686. The van der Waals surface area contributed by atoms with E-state index in [1.54, 1.807) is 16.0 Å². The molecule has 39 heavy (non-hydrogen) atoms. The number of hydrogen-bond acceptors (Lipinski definition) is 7. The molecule has 1 aromatic rings. The van der Waals surface area contributed by atoms with Crippen LogP contribution in [0.2, 0.25) is 25.7 Å². The Morgan fingerprint density at radius 2 is 1.79 bits per heavy atom. The second-order valence-corrected chi connectivity index (χ2v) is 18.6. The number of ether oxygens (including phenoxy) is 2. The molecule has 3 aliphatic rings. The summed E-state index contributed by atoms with van der Waals surface area (Å²) in [6.45, 7) is 14.2. The molecule has 1 atom stereocenters. The predicted molar refractivity (Wildman–Crippen MR) is 148 cm³/mol. The second-order valence-electron chi connectivity index (χ2n) is 13.0. The van der Waals surface area contributed by atoms with E-state index in [4.69, 9.17) is 9.47 Å². The Morgan fingerprint density at radius 3 is 2.44 bits per heavy atom. The largest absolute Gasteiger partial charge is 0.444 e. The Hall–Kier alpha value is -2.79. The molecular weight excluding hydrogens is 516 g/mol. The van der Waals surface area contributed by atoms with Crippen molar-refractivity contribution in [3.8, 4) is 0 Å². The van der Waals surface area contributed by atoms with Crippen LogP contribution in [0.3, 0.4) is 0 Å². The van der Waals surface area contributed by atoms with Crippen LogP contribution in [0.15, 0.2) is 12.3 Å². The van der Waals surface area contributed by atoms with Crippen LogP contribution < -0.4 is 0 Å². The molecule has 0 N–H and O–H groups in total. The normalized spacial score (nSPS) is 21.0. The molecule has 0 spiro atoms. The molecule has 1 unspecified atom stereocenters. The molecule has 3 aliphatic heterocycles. The van der Waals surface area contributed by atoms with Crippen LogP contribution in [0.1, 0.15) is 74.0 Å². The van der Waals surface area contributed by atoms with Gasteiger partial charge in [-0.2, -0.15) is 0 Å². The van der Waals surface area contributed by atoms with Crippen molar-refractivity contribution in [3.63, 3.8) is 0 Å². The highest BCUT2D eigenvalue weighted by Gasteiger charge is 2.43. The average Bonchev–Trinajstić information content (AvgIpc) is 3.17. The summed E-state index contributed by atoms with van der Waals surface area (Å²) < 4.78 is 11.2. The highest BCUT2D eigenvalue weighted by Crippen LogP contribution is 2.33. The van der Waals surface area contributed by atoms with E-state index in [-0.39, 0.29) is 42.9 Å². The number of amides is 4. The van der Waals surface area contributed by atoms with Crippen molar-refractivity contribution in [1.82, 2.24) is 19.7 Å². The fraction of sp³-hybridized carbons (Fsp3) is 0.679. The van der Waals surface area contributed by atoms with Crippen LogP contribution in [0.25, 0.3) is 0 Å². The Morgan fingerprint density at radius 1 is 1.10 bits per heavy atom. The van der Waals surface area contributed by atoms with E-state index in [9.17, 15) is 19.2 Å². The van der Waals surface area contributed by atoms with Crippen molar-refractivity contribution >= 4 is 31.9 Å². The maximum atomic E-state index is 13.3. The quantitative estimate of drug-likeness (QED) is 0.283. The highest BCUT2D eigenvalue weighted by atomic mass is 28.3. The van der Waals surface area contributed by atoms with Crippen LogP contribution in [0, 0.1) is 0 Å². The average molecular weight is 559 g/mol. The summed E-state index contributed by atoms with van der Waals surface area (Å²) in [5, 5.41) is 0. The maximum Gasteiger partial charge on any atom is 0.410 e. The Balaban J connectivity index is 1.37. The van der Waals surface area contributed by atoms with Crippen molar-refractivity contribution < 1.29 is 28.7 Å². The lowest BCUT2D eigenvalue weighted by atomic mass is 9.89.